The topological polar surface area (TPSA) is 78.9 Å². The summed E-state index contributed by atoms with van der Waals surface area (Å²) in [6.45, 7) is 5.79. The number of anilines is 2. The van der Waals surface area contributed by atoms with Gasteiger partial charge in [-0.1, -0.05) is 13.8 Å². The van der Waals surface area contributed by atoms with Gasteiger partial charge in [-0.05, 0) is 28.8 Å². The molecule has 0 unspecified atom stereocenters. The van der Waals surface area contributed by atoms with Crippen molar-refractivity contribution in [3.8, 4) is 0 Å². The van der Waals surface area contributed by atoms with Crippen molar-refractivity contribution in [3.05, 3.63) is 10.7 Å². The summed E-state index contributed by atoms with van der Waals surface area (Å²) in [5.74, 6) is 1.12. The lowest BCUT2D eigenvalue weighted by Gasteiger charge is -2.09. The third-order valence-corrected chi connectivity index (χ3v) is 2.85. The van der Waals surface area contributed by atoms with Gasteiger partial charge in [0.05, 0.1) is 11.0 Å². The molecular formula is C12H20BrN5O. The molecule has 0 aromatic carbocycles. The number of carbonyl (C=O) groups is 1. The van der Waals surface area contributed by atoms with E-state index in [1.807, 2.05) is 6.92 Å². The molecule has 0 aliphatic carbocycles. The highest BCUT2D eigenvalue weighted by Gasteiger charge is 2.06. The average Bonchev–Trinajstić information content (AvgIpc) is 2.42. The van der Waals surface area contributed by atoms with Crippen LogP contribution in [0.15, 0.2) is 10.7 Å². The Labute approximate surface area is 121 Å². The molecule has 0 saturated carbocycles. The largest absolute Gasteiger partial charge is 0.360 e. The number of nitrogens with zero attached hydrogens (tertiary/aromatic N) is 2. The van der Waals surface area contributed by atoms with Gasteiger partial charge in [-0.2, -0.15) is 4.98 Å². The Morgan fingerprint density at radius 3 is 2.68 bits per heavy atom. The minimum atomic E-state index is -0.0459. The van der Waals surface area contributed by atoms with Crippen LogP contribution in [0.25, 0.3) is 0 Å². The summed E-state index contributed by atoms with van der Waals surface area (Å²) in [7, 11) is 0. The Bertz CT molecular complexity index is 413. The second-order valence-electron chi connectivity index (χ2n) is 4.02. The Hall–Kier alpha value is -1.37. The Morgan fingerprint density at radius 2 is 2.00 bits per heavy atom. The molecule has 1 rings (SSSR count). The summed E-state index contributed by atoms with van der Waals surface area (Å²) < 4.78 is 0.734. The Kier molecular flexibility index (Phi) is 7.17. The van der Waals surface area contributed by atoms with Crippen molar-refractivity contribution in [2.45, 2.75) is 26.7 Å². The molecule has 7 heteroatoms. The highest BCUT2D eigenvalue weighted by atomic mass is 79.9. The van der Waals surface area contributed by atoms with Crippen molar-refractivity contribution >= 4 is 33.6 Å². The Balaban J connectivity index is 2.54. The van der Waals surface area contributed by atoms with Crippen molar-refractivity contribution in [1.29, 1.82) is 0 Å². The van der Waals surface area contributed by atoms with E-state index in [9.17, 15) is 4.79 Å². The van der Waals surface area contributed by atoms with Crippen LogP contribution in [0.2, 0.25) is 0 Å². The van der Waals surface area contributed by atoms with Crippen LogP contribution in [-0.2, 0) is 4.79 Å². The number of carbonyl (C=O) groups excluding carboxylic acids is 1. The van der Waals surface area contributed by atoms with Gasteiger partial charge in [0.15, 0.2) is 0 Å². The lowest BCUT2D eigenvalue weighted by Crippen LogP contribution is -2.30. The van der Waals surface area contributed by atoms with Crippen LogP contribution in [0.3, 0.4) is 0 Å². The molecule has 1 heterocycles. The maximum absolute atomic E-state index is 11.5. The first-order valence-electron chi connectivity index (χ1n) is 6.44. The maximum Gasteiger partial charge on any atom is 0.239 e. The molecule has 0 spiro atoms. The molecule has 0 aliphatic rings. The van der Waals surface area contributed by atoms with E-state index in [1.54, 1.807) is 6.20 Å². The van der Waals surface area contributed by atoms with Crippen LogP contribution in [-0.4, -0.2) is 35.5 Å². The van der Waals surface area contributed by atoms with E-state index in [0.29, 0.717) is 18.3 Å². The summed E-state index contributed by atoms with van der Waals surface area (Å²) in [5, 5.41) is 8.88. The zero-order valence-electron chi connectivity index (χ0n) is 11.3. The van der Waals surface area contributed by atoms with Gasteiger partial charge in [0, 0.05) is 19.3 Å². The van der Waals surface area contributed by atoms with Crippen LogP contribution in [0.5, 0.6) is 0 Å². The summed E-state index contributed by atoms with van der Waals surface area (Å²) in [5.41, 5.74) is 0. The summed E-state index contributed by atoms with van der Waals surface area (Å²) in [4.78, 5) is 19.9. The van der Waals surface area contributed by atoms with Crippen molar-refractivity contribution in [1.82, 2.24) is 15.3 Å². The minimum Gasteiger partial charge on any atom is -0.360 e. The summed E-state index contributed by atoms with van der Waals surface area (Å²) in [6, 6.07) is 0. The molecular weight excluding hydrogens is 310 g/mol. The molecule has 1 aromatic heterocycles. The number of nitrogens with one attached hydrogen (secondary N) is 3. The van der Waals surface area contributed by atoms with E-state index in [2.05, 4.69) is 48.8 Å². The molecule has 19 heavy (non-hydrogen) atoms. The van der Waals surface area contributed by atoms with Crippen molar-refractivity contribution < 1.29 is 4.79 Å². The summed E-state index contributed by atoms with van der Waals surface area (Å²) in [6.07, 6.45) is 3.59. The van der Waals surface area contributed by atoms with Crippen molar-refractivity contribution in [3.63, 3.8) is 0 Å². The van der Waals surface area contributed by atoms with Crippen LogP contribution in [0.1, 0.15) is 26.7 Å². The summed E-state index contributed by atoms with van der Waals surface area (Å²) >= 11 is 3.35. The zero-order chi connectivity index (χ0) is 14.1. The van der Waals surface area contributed by atoms with Gasteiger partial charge < -0.3 is 16.0 Å². The molecule has 0 saturated heterocycles. The van der Waals surface area contributed by atoms with Crippen LogP contribution in [0, 0.1) is 0 Å². The fraction of sp³-hybridized carbons (Fsp3) is 0.583. The number of rotatable bonds is 8. The fourth-order valence-corrected chi connectivity index (χ4v) is 1.64. The monoisotopic (exact) mass is 329 g/mol. The number of amides is 1. The lowest BCUT2D eigenvalue weighted by molar-refractivity contribution is -0.119. The highest BCUT2D eigenvalue weighted by molar-refractivity contribution is 9.10. The highest BCUT2D eigenvalue weighted by Crippen LogP contribution is 2.19. The normalized spacial score (nSPS) is 10.1. The van der Waals surface area contributed by atoms with Gasteiger partial charge >= 0.3 is 0 Å². The van der Waals surface area contributed by atoms with Gasteiger partial charge in [-0.25, -0.2) is 4.98 Å². The van der Waals surface area contributed by atoms with Crippen LogP contribution in [0.4, 0.5) is 11.8 Å². The number of halogens is 1. The molecule has 0 fully saturated rings. The van der Waals surface area contributed by atoms with E-state index in [4.69, 9.17) is 0 Å². The van der Waals surface area contributed by atoms with Gasteiger partial charge in [-0.15, -0.1) is 0 Å². The Morgan fingerprint density at radius 1 is 1.26 bits per heavy atom. The van der Waals surface area contributed by atoms with E-state index in [-0.39, 0.29) is 12.5 Å². The zero-order valence-corrected chi connectivity index (χ0v) is 12.9. The predicted octanol–water partition coefficient (Wildman–Crippen LogP) is 2.00. The van der Waals surface area contributed by atoms with Crippen molar-refractivity contribution in [2.75, 3.05) is 30.3 Å². The smallest absolute Gasteiger partial charge is 0.239 e. The third-order valence-electron chi connectivity index (χ3n) is 2.27. The third kappa shape index (κ3) is 5.87. The quantitative estimate of drug-likeness (QED) is 0.679. The molecule has 1 aromatic rings. The van der Waals surface area contributed by atoms with E-state index in [0.717, 1.165) is 23.9 Å². The molecule has 0 atom stereocenters. The molecule has 106 valence electrons. The van der Waals surface area contributed by atoms with Gasteiger partial charge in [0.2, 0.25) is 11.9 Å². The maximum atomic E-state index is 11.5. The van der Waals surface area contributed by atoms with Crippen molar-refractivity contribution in [2.24, 2.45) is 0 Å². The van der Waals surface area contributed by atoms with Gasteiger partial charge in [-0.3, -0.25) is 4.79 Å². The first-order chi connectivity index (χ1) is 9.17. The molecule has 1 amide bonds. The second kappa shape index (κ2) is 8.68. The van der Waals surface area contributed by atoms with E-state index < -0.39 is 0 Å². The van der Waals surface area contributed by atoms with Gasteiger partial charge in [0.1, 0.15) is 5.82 Å². The first kappa shape index (κ1) is 15.7. The van der Waals surface area contributed by atoms with Gasteiger partial charge in [0.25, 0.3) is 0 Å². The average molecular weight is 330 g/mol. The van der Waals surface area contributed by atoms with Crippen LogP contribution < -0.4 is 16.0 Å². The minimum absolute atomic E-state index is 0.0459. The standard InChI is InChI=1S/C12H20BrN5O/c1-3-5-14-10(19)8-16-11-9(13)7-17-12(18-11)15-6-4-2/h7H,3-6,8H2,1-2H3,(H,14,19)(H2,15,16,17,18). The molecule has 6 nitrogen and oxygen atoms in total. The molecule has 3 N–H and O–H groups in total. The second-order valence-corrected chi connectivity index (χ2v) is 4.87. The van der Waals surface area contributed by atoms with E-state index >= 15 is 0 Å². The number of hydrogen-bond acceptors (Lipinski definition) is 5. The lowest BCUT2D eigenvalue weighted by atomic mass is 10.4. The number of hydrogen-bond donors (Lipinski definition) is 3. The first-order valence-corrected chi connectivity index (χ1v) is 7.23. The van der Waals surface area contributed by atoms with Crippen LogP contribution >= 0.6 is 15.9 Å². The fourth-order valence-electron chi connectivity index (χ4n) is 1.30. The van der Waals surface area contributed by atoms with E-state index in [1.165, 1.54) is 0 Å². The number of aromatic nitrogens is 2. The predicted molar refractivity (Wildman–Crippen MR) is 80.3 cm³/mol. The molecule has 0 bridgehead atoms. The molecule has 0 radical (unpaired) electrons. The molecule has 0 aliphatic heterocycles. The SMILES string of the molecule is CCCNC(=O)CNc1nc(NCCC)ncc1Br.